The van der Waals surface area contributed by atoms with Gasteiger partial charge in [-0.25, -0.2) is 0 Å². The summed E-state index contributed by atoms with van der Waals surface area (Å²) in [6, 6.07) is 14.9. The molecule has 1 N–H and O–H groups in total. The number of aryl methyl sites for hydroxylation is 1. The third-order valence-electron chi connectivity index (χ3n) is 6.58. The Labute approximate surface area is 201 Å². The van der Waals surface area contributed by atoms with Crippen molar-refractivity contribution in [1.82, 2.24) is 19.9 Å². The summed E-state index contributed by atoms with van der Waals surface area (Å²) in [6.07, 6.45) is 9.10. The topological polar surface area (TPSA) is 57.8 Å². The lowest BCUT2D eigenvalue weighted by molar-refractivity contribution is 0.478. The Kier molecular flexibility index (Phi) is 6.79. The van der Waals surface area contributed by atoms with Crippen LogP contribution in [0, 0.1) is 0 Å². The van der Waals surface area contributed by atoms with Crippen molar-refractivity contribution in [2.75, 3.05) is 24.5 Å². The summed E-state index contributed by atoms with van der Waals surface area (Å²) in [5.74, 6) is 2.02. The van der Waals surface area contributed by atoms with E-state index in [1.807, 2.05) is 24.4 Å². The van der Waals surface area contributed by atoms with Crippen LogP contribution in [-0.2, 0) is 11.8 Å². The molecule has 6 nitrogen and oxygen atoms in total. The maximum absolute atomic E-state index is 5.00. The van der Waals surface area contributed by atoms with Crippen LogP contribution in [0.4, 0.5) is 5.69 Å². The number of benzene rings is 1. The number of nitrogens with zero attached hydrogens (tertiary/aromatic N) is 5. The Morgan fingerprint density at radius 1 is 1.10 bits per heavy atom. The highest BCUT2D eigenvalue weighted by molar-refractivity contribution is 14.0. The number of rotatable bonds is 5. The van der Waals surface area contributed by atoms with Crippen molar-refractivity contribution < 1.29 is 0 Å². The lowest BCUT2D eigenvalue weighted by Crippen LogP contribution is -2.43. The van der Waals surface area contributed by atoms with Crippen LogP contribution in [0.1, 0.15) is 50.4 Å². The fourth-order valence-electron chi connectivity index (χ4n) is 5.18. The summed E-state index contributed by atoms with van der Waals surface area (Å²) >= 11 is 0. The van der Waals surface area contributed by atoms with E-state index >= 15 is 0 Å². The van der Waals surface area contributed by atoms with Crippen LogP contribution in [0.25, 0.3) is 5.65 Å². The van der Waals surface area contributed by atoms with Crippen molar-refractivity contribution in [2.45, 2.75) is 50.9 Å². The summed E-state index contributed by atoms with van der Waals surface area (Å²) in [6.45, 7) is 4.84. The Bertz CT molecular complexity index is 1050. The van der Waals surface area contributed by atoms with Gasteiger partial charge in [-0.05, 0) is 49.9 Å². The SMILES string of the molecule is CCNC(=NCCCc1nnc2ccccn12)N1CC2(CCCC2)c2ccccc21.I. The van der Waals surface area contributed by atoms with E-state index in [0.29, 0.717) is 5.41 Å². The molecular formula is C24H31IN6. The number of aliphatic imine (C=N–C) groups is 1. The molecule has 0 saturated heterocycles. The molecule has 1 saturated carbocycles. The number of para-hydroxylation sites is 1. The zero-order valence-corrected chi connectivity index (χ0v) is 20.5. The molecule has 1 aromatic carbocycles. The zero-order chi connectivity index (χ0) is 20.4. The Morgan fingerprint density at radius 3 is 2.74 bits per heavy atom. The van der Waals surface area contributed by atoms with Gasteiger partial charge in [0.2, 0.25) is 0 Å². The molecule has 0 radical (unpaired) electrons. The lowest BCUT2D eigenvalue weighted by Gasteiger charge is -2.26. The number of aromatic nitrogens is 3. The van der Waals surface area contributed by atoms with Crippen LogP contribution < -0.4 is 10.2 Å². The molecule has 2 aliphatic rings. The van der Waals surface area contributed by atoms with Crippen LogP contribution in [0.5, 0.6) is 0 Å². The van der Waals surface area contributed by atoms with Crippen LogP contribution in [0.2, 0.25) is 0 Å². The minimum absolute atomic E-state index is 0. The molecule has 1 aliphatic heterocycles. The van der Waals surface area contributed by atoms with Gasteiger partial charge in [0.15, 0.2) is 11.6 Å². The van der Waals surface area contributed by atoms with E-state index in [0.717, 1.165) is 49.9 Å². The first kappa shape index (κ1) is 22.0. The number of hydrogen-bond acceptors (Lipinski definition) is 3. The third kappa shape index (κ3) is 4.16. The lowest BCUT2D eigenvalue weighted by atomic mass is 9.81. The van der Waals surface area contributed by atoms with Crippen LogP contribution >= 0.6 is 24.0 Å². The molecule has 164 valence electrons. The van der Waals surface area contributed by atoms with Gasteiger partial charge in [0.25, 0.3) is 0 Å². The van der Waals surface area contributed by atoms with Crippen molar-refractivity contribution in [3.05, 3.63) is 60.0 Å². The molecule has 31 heavy (non-hydrogen) atoms. The van der Waals surface area contributed by atoms with Gasteiger partial charge in [-0.1, -0.05) is 37.1 Å². The van der Waals surface area contributed by atoms with Crippen molar-refractivity contribution >= 4 is 41.3 Å². The van der Waals surface area contributed by atoms with E-state index in [2.05, 4.69) is 56.0 Å². The molecule has 0 bridgehead atoms. The predicted molar refractivity (Wildman–Crippen MR) is 137 cm³/mol. The van der Waals surface area contributed by atoms with E-state index in [1.54, 1.807) is 0 Å². The van der Waals surface area contributed by atoms with Crippen LogP contribution in [-0.4, -0.2) is 40.2 Å². The standard InChI is InChI=1S/C24H30N6.HI/c1-2-25-23(26-16-9-13-22-28-27-21-12-5-8-17-29(21)22)30-18-24(14-6-7-15-24)19-10-3-4-11-20(19)30;/h3-5,8,10-12,17H,2,6-7,9,13-16,18H2,1H3,(H,25,26);1H. The fraction of sp³-hybridized carbons (Fsp3) is 0.458. The molecular weight excluding hydrogens is 499 g/mol. The first-order valence-electron chi connectivity index (χ1n) is 11.2. The summed E-state index contributed by atoms with van der Waals surface area (Å²) in [7, 11) is 0. The zero-order valence-electron chi connectivity index (χ0n) is 18.1. The predicted octanol–water partition coefficient (Wildman–Crippen LogP) is 4.58. The highest BCUT2D eigenvalue weighted by atomic mass is 127. The van der Waals surface area contributed by atoms with Crippen LogP contribution in [0.3, 0.4) is 0 Å². The van der Waals surface area contributed by atoms with E-state index in [1.165, 1.54) is 36.9 Å². The van der Waals surface area contributed by atoms with Gasteiger partial charge in [-0.3, -0.25) is 9.39 Å². The number of nitrogens with one attached hydrogen (secondary N) is 1. The highest BCUT2D eigenvalue weighted by Crippen LogP contribution is 2.50. The van der Waals surface area contributed by atoms with Crippen molar-refractivity contribution in [2.24, 2.45) is 4.99 Å². The smallest absolute Gasteiger partial charge is 0.198 e. The van der Waals surface area contributed by atoms with Gasteiger partial charge in [-0.2, -0.15) is 0 Å². The molecule has 7 heteroatoms. The molecule has 1 spiro atoms. The number of hydrogen-bond donors (Lipinski definition) is 1. The van der Waals surface area contributed by atoms with Crippen molar-refractivity contribution in [3.8, 4) is 0 Å². The highest BCUT2D eigenvalue weighted by Gasteiger charge is 2.45. The maximum Gasteiger partial charge on any atom is 0.198 e. The summed E-state index contributed by atoms with van der Waals surface area (Å²) in [4.78, 5) is 7.43. The normalized spacial score (nSPS) is 17.2. The summed E-state index contributed by atoms with van der Waals surface area (Å²) in [5.41, 5.74) is 4.07. The van der Waals surface area contributed by atoms with Crippen molar-refractivity contribution in [1.29, 1.82) is 0 Å². The Hall–Kier alpha value is -2.16. The summed E-state index contributed by atoms with van der Waals surface area (Å²) < 4.78 is 2.06. The number of pyridine rings is 1. The Balaban J connectivity index is 0.00000231. The minimum atomic E-state index is 0. The van der Waals surface area contributed by atoms with Crippen LogP contribution in [0.15, 0.2) is 53.7 Å². The van der Waals surface area contributed by atoms with Gasteiger partial charge in [-0.15, -0.1) is 34.2 Å². The van der Waals surface area contributed by atoms with E-state index in [-0.39, 0.29) is 24.0 Å². The minimum Gasteiger partial charge on any atom is -0.356 e. The number of guanidine groups is 1. The summed E-state index contributed by atoms with van der Waals surface area (Å²) in [5, 5.41) is 12.1. The molecule has 2 aromatic heterocycles. The molecule has 0 amide bonds. The average molecular weight is 530 g/mol. The second kappa shape index (κ2) is 9.54. The monoisotopic (exact) mass is 530 g/mol. The molecule has 5 rings (SSSR count). The first-order valence-corrected chi connectivity index (χ1v) is 11.2. The molecule has 1 aliphatic carbocycles. The second-order valence-corrected chi connectivity index (χ2v) is 8.48. The second-order valence-electron chi connectivity index (χ2n) is 8.48. The fourth-order valence-corrected chi connectivity index (χ4v) is 5.18. The molecule has 1 fully saturated rings. The molecule has 0 atom stereocenters. The third-order valence-corrected chi connectivity index (χ3v) is 6.58. The van der Waals surface area contributed by atoms with Gasteiger partial charge < -0.3 is 10.2 Å². The quantitative estimate of drug-likeness (QED) is 0.227. The number of anilines is 1. The average Bonchev–Trinajstić information content (AvgIpc) is 3.50. The van der Waals surface area contributed by atoms with Gasteiger partial charge in [0.05, 0.1) is 0 Å². The van der Waals surface area contributed by atoms with Crippen molar-refractivity contribution in [3.63, 3.8) is 0 Å². The van der Waals surface area contributed by atoms with Gasteiger partial charge in [0.1, 0.15) is 5.82 Å². The molecule has 0 unspecified atom stereocenters. The first-order chi connectivity index (χ1) is 14.8. The van der Waals surface area contributed by atoms with Gasteiger partial charge >= 0.3 is 0 Å². The molecule has 3 heterocycles. The van der Waals surface area contributed by atoms with E-state index < -0.39 is 0 Å². The van der Waals surface area contributed by atoms with E-state index in [4.69, 9.17) is 4.99 Å². The number of fused-ring (bicyclic) bond motifs is 3. The van der Waals surface area contributed by atoms with Gasteiger partial charge in [0, 0.05) is 43.4 Å². The maximum atomic E-state index is 5.00. The van der Waals surface area contributed by atoms with E-state index in [9.17, 15) is 0 Å². The Morgan fingerprint density at radius 2 is 1.90 bits per heavy atom. The molecule has 3 aromatic rings. The largest absolute Gasteiger partial charge is 0.356 e. The number of halogens is 1.